The van der Waals surface area contributed by atoms with Crippen LogP contribution in [0, 0.1) is 6.92 Å². The molecule has 0 N–H and O–H groups in total. The molecule has 7 nitrogen and oxygen atoms in total. The minimum Gasteiger partial charge on any atom is -0.457 e. The van der Waals surface area contributed by atoms with Gasteiger partial charge in [-0.05, 0) is 79.6 Å². The molecule has 0 radical (unpaired) electrons. The van der Waals surface area contributed by atoms with Crippen LogP contribution in [0.25, 0.3) is 0 Å². The summed E-state index contributed by atoms with van der Waals surface area (Å²) in [4.78, 5) is 48.3. The van der Waals surface area contributed by atoms with Crippen molar-refractivity contribution in [3.05, 3.63) is 119 Å². The Balaban J connectivity index is 1.40. The Morgan fingerprint density at radius 2 is 1.45 bits per heavy atom. The van der Waals surface area contributed by atoms with Gasteiger partial charge in [-0.2, -0.15) is 0 Å². The van der Waals surface area contributed by atoms with Crippen LogP contribution in [0.5, 0.6) is 11.5 Å². The average Bonchev–Trinajstić information content (AvgIpc) is 3.39. The normalized spacial score (nSPS) is 19.6. The smallest absolute Gasteiger partial charge is 0.242 e. The second-order valence-electron chi connectivity index (χ2n) is 12.0. The lowest BCUT2D eigenvalue weighted by Gasteiger charge is -2.42. The summed E-state index contributed by atoms with van der Waals surface area (Å²) in [5, 5.41) is 0.572. The fourth-order valence-electron chi connectivity index (χ4n) is 6.36. The summed E-state index contributed by atoms with van der Waals surface area (Å²) in [6.45, 7) is 5.80. The van der Waals surface area contributed by atoms with Crippen molar-refractivity contribution in [3.8, 4) is 11.5 Å². The van der Waals surface area contributed by atoms with Crippen molar-refractivity contribution >= 4 is 46.8 Å². The topological polar surface area (TPSA) is 70.2 Å². The van der Waals surface area contributed by atoms with Crippen molar-refractivity contribution in [3.63, 3.8) is 0 Å². The predicted octanol–water partition coefficient (Wildman–Crippen LogP) is 7.92. The van der Waals surface area contributed by atoms with E-state index in [0.29, 0.717) is 54.8 Å². The van der Waals surface area contributed by atoms with Crippen molar-refractivity contribution in [2.75, 3.05) is 31.1 Å². The molecule has 2 aliphatic rings. The maximum atomic E-state index is 15.0. The lowest BCUT2D eigenvalue weighted by molar-refractivity contribution is -0.141. The Kier molecular flexibility index (Phi) is 9.89. The van der Waals surface area contributed by atoms with Crippen LogP contribution >= 0.6 is 23.4 Å². The number of para-hydroxylation sites is 1. The molecule has 0 aromatic heterocycles. The highest BCUT2D eigenvalue weighted by molar-refractivity contribution is 8.01. The number of rotatable bonds is 9. The van der Waals surface area contributed by atoms with Crippen LogP contribution in [0.1, 0.15) is 43.4 Å². The second kappa shape index (κ2) is 14.2. The molecule has 3 amide bonds. The van der Waals surface area contributed by atoms with Crippen molar-refractivity contribution in [1.29, 1.82) is 0 Å². The van der Waals surface area contributed by atoms with Gasteiger partial charge < -0.3 is 19.4 Å². The molecule has 2 saturated heterocycles. The van der Waals surface area contributed by atoms with E-state index in [4.69, 9.17) is 16.3 Å². The first kappa shape index (κ1) is 32.7. The highest BCUT2D eigenvalue weighted by Crippen LogP contribution is 2.55. The summed E-state index contributed by atoms with van der Waals surface area (Å²) in [7, 11) is 0. The summed E-state index contributed by atoms with van der Waals surface area (Å²) in [6.07, 6.45) is 1.29. The van der Waals surface area contributed by atoms with Crippen LogP contribution in [0.2, 0.25) is 5.02 Å². The van der Waals surface area contributed by atoms with E-state index >= 15 is 4.79 Å². The SMILES string of the molecule is CCCC(=O)N1CCN(C(=O)C2(Sc3ccc(C)cc3)CC(=O)N(c3ccc(Oc4ccccc4)cc3)C2c2ccc(Cl)cc2)CC1. The first-order valence-corrected chi connectivity index (χ1v) is 17.2. The van der Waals surface area contributed by atoms with Gasteiger partial charge in [0, 0.05) is 48.2 Å². The van der Waals surface area contributed by atoms with E-state index in [-0.39, 0.29) is 24.1 Å². The van der Waals surface area contributed by atoms with Crippen molar-refractivity contribution in [2.24, 2.45) is 0 Å². The molecule has 0 spiro atoms. The third-order valence-electron chi connectivity index (χ3n) is 8.73. The Morgan fingerprint density at radius 1 is 0.830 bits per heavy atom. The van der Waals surface area contributed by atoms with Crippen molar-refractivity contribution in [1.82, 2.24) is 9.80 Å². The number of hydrogen-bond acceptors (Lipinski definition) is 5. The van der Waals surface area contributed by atoms with Gasteiger partial charge in [0.2, 0.25) is 17.7 Å². The number of benzene rings is 4. The number of carbonyl (C=O) groups excluding carboxylic acids is 3. The molecule has 4 aromatic rings. The van der Waals surface area contributed by atoms with Gasteiger partial charge in [-0.1, -0.05) is 66.6 Å². The van der Waals surface area contributed by atoms with Crippen LogP contribution in [-0.4, -0.2) is 58.4 Å². The molecule has 9 heteroatoms. The van der Waals surface area contributed by atoms with E-state index < -0.39 is 10.8 Å². The summed E-state index contributed by atoms with van der Waals surface area (Å²) >= 11 is 7.79. The Hall–Kier alpha value is -4.27. The van der Waals surface area contributed by atoms with Crippen molar-refractivity contribution < 1.29 is 19.1 Å². The van der Waals surface area contributed by atoms with Gasteiger partial charge in [-0.25, -0.2) is 0 Å². The number of amides is 3. The summed E-state index contributed by atoms with van der Waals surface area (Å²) < 4.78 is 4.84. The van der Waals surface area contributed by atoms with Gasteiger partial charge in [-0.15, -0.1) is 11.8 Å². The minimum atomic E-state index is -1.19. The van der Waals surface area contributed by atoms with Gasteiger partial charge in [-0.3, -0.25) is 14.4 Å². The predicted molar refractivity (Wildman–Crippen MR) is 187 cm³/mol. The van der Waals surface area contributed by atoms with E-state index in [2.05, 4.69) is 0 Å². The zero-order valence-electron chi connectivity index (χ0n) is 26.6. The molecule has 2 heterocycles. The maximum absolute atomic E-state index is 15.0. The van der Waals surface area contributed by atoms with Crippen molar-refractivity contribution in [2.45, 2.75) is 48.8 Å². The number of piperazine rings is 1. The molecule has 2 aliphatic heterocycles. The first-order chi connectivity index (χ1) is 22.8. The lowest BCUT2D eigenvalue weighted by atomic mass is 9.90. The van der Waals surface area contributed by atoms with Crippen LogP contribution in [0.15, 0.2) is 108 Å². The van der Waals surface area contributed by atoms with Gasteiger partial charge in [0.1, 0.15) is 16.2 Å². The fraction of sp³-hybridized carbons (Fsp3) is 0.289. The third-order valence-corrected chi connectivity index (χ3v) is 10.4. The number of thioether (sulfide) groups is 1. The zero-order valence-corrected chi connectivity index (χ0v) is 28.2. The molecule has 2 unspecified atom stereocenters. The highest BCUT2D eigenvalue weighted by Gasteiger charge is 2.59. The number of hydrogen-bond donors (Lipinski definition) is 0. The molecule has 47 heavy (non-hydrogen) atoms. The molecular formula is C38H38ClN3O4S. The number of ether oxygens (including phenoxy) is 1. The number of nitrogens with zero attached hydrogens (tertiary/aromatic N) is 3. The molecule has 2 atom stereocenters. The fourth-order valence-corrected chi connectivity index (χ4v) is 7.94. The third kappa shape index (κ3) is 7.04. The molecule has 242 valence electrons. The first-order valence-electron chi connectivity index (χ1n) is 16.0. The van der Waals surface area contributed by atoms with Gasteiger partial charge >= 0.3 is 0 Å². The van der Waals surface area contributed by atoms with Crippen LogP contribution in [0.4, 0.5) is 5.69 Å². The van der Waals surface area contributed by atoms with E-state index in [1.807, 2.05) is 115 Å². The van der Waals surface area contributed by atoms with E-state index in [9.17, 15) is 9.59 Å². The number of carbonyl (C=O) groups is 3. The second-order valence-corrected chi connectivity index (χ2v) is 13.9. The van der Waals surface area contributed by atoms with Crippen LogP contribution in [0.3, 0.4) is 0 Å². The number of aryl methyl sites for hydroxylation is 1. The molecular weight excluding hydrogens is 630 g/mol. The summed E-state index contributed by atoms with van der Waals surface area (Å²) in [5.41, 5.74) is 2.60. The molecule has 0 saturated carbocycles. The Bertz CT molecular complexity index is 1710. The average molecular weight is 668 g/mol. The van der Waals surface area contributed by atoms with Gasteiger partial charge in [0.15, 0.2) is 0 Å². The molecule has 2 fully saturated rings. The van der Waals surface area contributed by atoms with Gasteiger partial charge in [0.25, 0.3) is 0 Å². The Labute approximate surface area is 285 Å². The number of anilines is 1. The van der Waals surface area contributed by atoms with E-state index in [0.717, 1.165) is 22.4 Å². The largest absolute Gasteiger partial charge is 0.457 e. The Morgan fingerprint density at radius 3 is 2.09 bits per heavy atom. The zero-order chi connectivity index (χ0) is 33.0. The summed E-state index contributed by atoms with van der Waals surface area (Å²) in [5.74, 6) is 1.22. The van der Waals surface area contributed by atoms with Crippen LogP contribution < -0.4 is 9.64 Å². The van der Waals surface area contributed by atoms with E-state index in [1.165, 1.54) is 11.8 Å². The highest BCUT2D eigenvalue weighted by atomic mass is 35.5. The maximum Gasteiger partial charge on any atom is 0.242 e. The lowest BCUT2D eigenvalue weighted by Crippen LogP contribution is -2.57. The van der Waals surface area contributed by atoms with Crippen LogP contribution in [-0.2, 0) is 14.4 Å². The monoisotopic (exact) mass is 667 g/mol. The molecule has 4 aromatic carbocycles. The molecule has 0 bridgehead atoms. The summed E-state index contributed by atoms with van der Waals surface area (Å²) in [6, 6.07) is 31.8. The standard InChI is InChI=1S/C38H38ClN3O4S/c1-3-7-34(43)40-22-24-41(25-23-40)37(45)38(47-33-20-10-27(2)11-21-33)26-35(44)42(36(38)28-12-14-29(39)15-13-28)30-16-18-32(19-17-30)46-31-8-5-4-6-9-31/h4-6,8-21,36H,3,7,22-26H2,1-2H3. The molecule has 6 rings (SSSR count). The molecule has 0 aliphatic carbocycles. The van der Waals surface area contributed by atoms with E-state index in [1.54, 1.807) is 17.0 Å². The van der Waals surface area contributed by atoms with Gasteiger partial charge in [0.05, 0.1) is 12.5 Å². The minimum absolute atomic E-state index is 0.00885. The quantitative estimate of drug-likeness (QED) is 0.181. The number of halogens is 1.